The maximum absolute atomic E-state index is 13.2. The Bertz CT molecular complexity index is 550. The number of nitrogens with zero attached hydrogens (tertiary/aromatic N) is 1. The minimum atomic E-state index is -1.51. The zero-order valence-electron chi connectivity index (χ0n) is 8.70. The minimum absolute atomic E-state index is 0.229. The molecule has 0 amide bonds. The number of benzene rings is 2. The predicted octanol–water partition coefficient (Wildman–Crippen LogP) is 3.85. The van der Waals surface area contributed by atoms with Gasteiger partial charge in [-0.1, -0.05) is 30.3 Å². The van der Waals surface area contributed by atoms with Crippen LogP contribution in [0.4, 0.5) is 18.9 Å². The SMILES string of the molecule is Fc1ccc(N=Cc2ccccc2)c(F)c1F. The van der Waals surface area contributed by atoms with Gasteiger partial charge in [0.1, 0.15) is 5.69 Å². The van der Waals surface area contributed by atoms with E-state index in [1.807, 2.05) is 6.07 Å². The smallest absolute Gasteiger partial charge is 0.196 e. The van der Waals surface area contributed by atoms with Crippen molar-refractivity contribution in [3.63, 3.8) is 0 Å². The van der Waals surface area contributed by atoms with E-state index in [1.54, 1.807) is 24.3 Å². The van der Waals surface area contributed by atoms with E-state index in [0.717, 1.165) is 17.7 Å². The first-order valence-electron chi connectivity index (χ1n) is 4.91. The summed E-state index contributed by atoms with van der Waals surface area (Å²) in [5.74, 6) is -4.01. The zero-order valence-corrected chi connectivity index (χ0v) is 8.70. The van der Waals surface area contributed by atoms with Crippen LogP contribution in [0.1, 0.15) is 5.56 Å². The molecule has 2 aromatic rings. The van der Waals surface area contributed by atoms with E-state index in [1.165, 1.54) is 6.21 Å². The molecule has 0 aromatic heterocycles. The molecule has 0 atom stereocenters. The highest BCUT2D eigenvalue weighted by Crippen LogP contribution is 2.22. The Balaban J connectivity index is 2.31. The van der Waals surface area contributed by atoms with Gasteiger partial charge in [-0.3, -0.25) is 4.99 Å². The molecule has 0 radical (unpaired) electrons. The second-order valence-corrected chi connectivity index (χ2v) is 3.36. The van der Waals surface area contributed by atoms with Gasteiger partial charge >= 0.3 is 0 Å². The highest BCUT2D eigenvalue weighted by atomic mass is 19.2. The van der Waals surface area contributed by atoms with Gasteiger partial charge in [0, 0.05) is 6.21 Å². The monoisotopic (exact) mass is 235 g/mol. The third-order valence-corrected chi connectivity index (χ3v) is 2.17. The second kappa shape index (κ2) is 4.82. The summed E-state index contributed by atoms with van der Waals surface area (Å²) < 4.78 is 38.8. The highest BCUT2D eigenvalue weighted by Gasteiger charge is 2.11. The number of rotatable bonds is 2. The average Bonchev–Trinajstić information content (AvgIpc) is 2.36. The lowest BCUT2D eigenvalue weighted by Gasteiger charge is -1.99. The lowest BCUT2D eigenvalue weighted by molar-refractivity contribution is 0.448. The van der Waals surface area contributed by atoms with Crippen LogP contribution in [0.5, 0.6) is 0 Å². The quantitative estimate of drug-likeness (QED) is 0.553. The van der Waals surface area contributed by atoms with Crippen LogP contribution in [-0.2, 0) is 0 Å². The summed E-state index contributed by atoms with van der Waals surface area (Å²) in [6.07, 6.45) is 1.38. The van der Waals surface area contributed by atoms with E-state index in [-0.39, 0.29) is 5.69 Å². The lowest BCUT2D eigenvalue weighted by Crippen LogP contribution is -1.90. The van der Waals surface area contributed by atoms with Crippen molar-refractivity contribution in [3.05, 3.63) is 65.5 Å². The van der Waals surface area contributed by atoms with Gasteiger partial charge in [0.2, 0.25) is 0 Å². The summed E-state index contributed by atoms with van der Waals surface area (Å²) in [5, 5.41) is 0. The second-order valence-electron chi connectivity index (χ2n) is 3.36. The van der Waals surface area contributed by atoms with E-state index >= 15 is 0 Å². The fraction of sp³-hybridized carbons (Fsp3) is 0. The molecule has 0 aliphatic heterocycles. The summed E-state index contributed by atoms with van der Waals surface area (Å²) in [5.41, 5.74) is 0.518. The first-order chi connectivity index (χ1) is 8.18. The molecule has 0 spiro atoms. The molecule has 0 N–H and O–H groups in total. The fourth-order valence-corrected chi connectivity index (χ4v) is 1.30. The van der Waals surface area contributed by atoms with Gasteiger partial charge in [-0.05, 0) is 17.7 Å². The first kappa shape index (κ1) is 11.4. The van der Waals surface area contributed by atoms with Crippen LogP contribution in [0.2, 0.25) is 0 Å². The summed E-state index contributed by atoms with van der Waals surface area (Å²) in [4.78, 5) is 3.77. The molecule has 0 saturated heterocycles. The summed E-state index contributed by atoms with van der Waals surface area (Å²) in [7, 11) is 0. The molecule has 4 heteroatoms. The van der Waals surface area contributed by atoms with Crippen LogP contribution >= 0.6 is 0 Å². The van der Waals surface area contributed by atoms with Crippen molar-refractivity contribution in [2.24, 2.45) is 4.99 Å². The van der Waals surface area contributed by atoms with Crippen molar-refractivity contribution in [2.45, 2.75) is 0 Å². The number of aliphatic imine (C=N–C) groups is 1. The van der Waals surface area contributed by atoms with Crippen molar-refractivity contribution in [2.75, 3.05) is 0 Å². The summed E-state index contributed by atoms with van der Waals surface area (Å²) in [6, 6.07) is 10.9. The van der Waals surface area contributed by atoms with Crippen molar-refractivity contribution in [3.8, 4) is 0 Å². The molecule has 0 aliphatic carbocycles. The van der Waals surface area contributed by atoms with Crippen molar-refractivity contribution < 1.29 is 13.2 Å². The molecular formula is C13H8F3N. The Morgan fingerprint density at radius 1 is 0.824 bits per heavy atom. The topological polar surface area (TPSA) is 12.4 Å². The molecule has 0 fully saturated rings. The third-order valence-electron chi connectivity index (χ3n) is 2.17. The largest absolute Gasteiger partial charge is 0.253 e. The van der Waals surface area contributed by atoms with Crippen LogP contribution in [0, 0.1) is 17.5 Å². The Hall–Kier alpha value is -2.10. The van der Waals surface area contributed by atoms with Gasteiger partial charge in [0.15, 0.2) is 17.5 Å². The molecule has 0 saturated carbocycles. The Morgan fingerprint density at radius 3 is 2.24 bits per heavy atom. The van der Waals surface area contributed by atoms with Gasteiger partial charge in [-0.2, -0.15) is 0 Å². The van der Waals surface area contributed by atoms with Crippen LogP contribution < -0.4 is 0 Å². The molecule has 0 bridgehead atoms. The molecule has 86 valence electrons. The van der Waals surface area contributed by atoms with Gasteiger partial charge < -0.3 is 0 Å². The molecule has 0 aliphatic rings. The Morgan fingerprint density at radius 2 is 1.53 bits per heavy atom. The molecule has 1 nitrogen and oxygen atoms in total. The van der Waals surface area contributed by atoms with Crippen molar-refractivity contribution in [1.29, 1.82) is 0 Å². The van der Waals surface area contributed by atoms with E-state index in [0.29, 0.717) is 0 Å². The molecule has 2 rings (SSSR count). The van der Waals surface area contributed by atoms with Gasteiger partial charge in [-0.15, -0.1) is 0 Å². The van der Waals surface area contributed by atoms with Crippen molar-refractivity contribution >= 4 is 11.9 Å². The first-order valence-corrected chi connectivity index (χ1v) is 4.91. The van der Waals surface area contributed by atoms with Crippen molar-refractivity contribution in [1.82, 2.24) is 0 Å². The molecule has 2 aromatic carbocycles. The van der Waals surface area contributed by atoms with E-state index in [2.05, 4.69) is 4.99 Å². The molecule has 17 heavy (non-hydrogen) atoms. The third kappa shape index (κ3) is 2.53. The molecule has 0 unspecified atom stereocenters. The van der Waals surface area contributed by atoms with Crippen LogP contribution in [-0.4, -0.2) is 6.21 Å². The fourth-order valence-electron chi connectivity index (χ4n) is 1.30. The zero-order chi connectivity index (χ0) is 12.3. The maximum atomic E-state index is 13.2. The number of halogens is 3. The normalized spacial score (nSPS) is 11.0. The van der Waals surface area contributed by atoms with Gasteiger partial charge in [0.25, 0.3) is 0 Å². The van der Waals surface area contributed by atoms with E-state index in [9.17, 15) is 13.2 Å². The van der Waals surface area contributed by atoms with Crippen LogP contribution in [0.25, 0.3) is 0 Å². The minimum Gasteiger partial charge on any atom is -0.253 e. The van der Waals surface area contributed by atoms with Gasteiger partial charge in [0.05, 0.1) is 0 Å². The molecular weight excluding hydrogens is 227 g/mol. The maximum Gasteiger partial charge on any atom is 0.196 e. The van der Waals surface area contributed by atoms with E-state index in [4.69, 9.17) is 0 Å². The Kier molecular flexibility index (Phi) is 3.23. The standard InChI is InChI=1S/C13H8F3N/c14-10-6-7-11(13(16)12(10)15)17-8-9-4-2-1-3-5-9/h1-8H. The summed E-state index contributed by atoms with van der Waals surface area (Å²) >= 11 is 0. The summed E-state index contributed by atoms with van der Waals surface area (Å²) in [6.45, 7) is 0. The molecule has 0 heterocycles. The highest BCUT2D eigenvalue weighted by molar-refractivity contribution is 5.81. The Labute approximate surface area is 96.2 Å². The number of hydrogen-bond donors (Lipinski definition) is 0. The van der Waals surface area contributed by atoms with Crippen LogP contribution in [0.3, 0.4) is 0 Å². The number of hydrogen-bond acceptors (Lipinski definition) is 1. The van der Waals surface area contributed by atoms with E-state index < -0.39 is 17.5 Å². The predicted molar refractivity (Wildman–Crippen MR) is 60.0 cm³/mol. The average molecular weight is 235 g/mol. The van der Waals surface area contributed by atoms with Crippen LogP contribution in [0.15, 0.2) is 47.5 Å². The lowest BCUT2D eigenvalue weighted by atomic mass is 10.2. The van der Waals surface area contributed by atoms with Gasteiger partial charge in [-0.25, -0.2) is 13.2 Å².